The summed E-state index contributed by atoms with van der Waals surface area (Å²) in [5, 5.41) is 2.73. The van der Waals surface area contributed by atoms with Gasteiger partial charge in [0.15, 0.2) is 5.58 Å². The number of para-hydroxylation sites is 2. The van der Waals surface area contributed by atoms with E-state index in [1.807, 2.05) is 6.07 Å². The van der Waals surface area contributed by atoms with E-state index >= 15 is 0 Å². The highest BCUT2D eigenvalue weighted by Gasteiger charge is 2.15. The Kier molecular flexibility index (Phi) is 4.64. The van der Waals surface area contributed by atoms with E-state index in [9.17, 15) is 9.59 Å². The van der Waals surface area contributed by atoms with Crippen molar-refractivity contribution in [2.75, 3.05) is 43.4 Å². The second-order valence-electron chi connectivity index (χ2n) is 6.66. The quantitative estimate of drug-likeness (QED) is 0.750. The average Bonchev–Trinajstić information content (AvgIpc) is 2.98. The van der Waals surface area contributed by atoms with Crippen molar-refractivity contribution in [1.82, 2.24) is 14.5 Å². The molecule has 1 aliphatic rings. The van der Waals surface area contributed by atoms with Crippen molar-refractivity contribution >= 4 is 28.5 Å². The Morgan fingerprint density at radius 2 is 1.93 bits per heavy atom. The highest BCUT2D eigenvalue weighted by molar-refractivity contribution is 5.90. The molecule has 3 aromatic rings. The summed E-state index contributed by atoms with van der Waals surface area (Å²) in [6, 6.07) is 10.8. The first-order valence-corrected chi connectivity index (χ1v) is 8.88. The van der Waals surface area contributed by atoms with E-state index in [0.717, 1.165) is 31.9 Å². The molecule has 27 heavy (non-hydrogen) atoms. The first kappa shape index (κ1) is 17.3. The predicted octanol–water partition coefficient (Wildman–Crippen LogP) is 1.38. The van der Waals surface area contributed by atoms with Crippen molar-refractivity contribution in [2.45, 2.75) is 6.54 Å². The molecular weight excluding hydrogens is 346 g/mol. The van der Waals surface area contributed by atoms with Crippen LogP contribution in [0.3, 0.4) is 0 Å². The molecule has 1 saturated heterocycles. The fourth-order valence-corrected chi connectivity index (χ4v) is 3.20. The van der Waals surface area contributed by atoms with Gasteiger partial charge in [-0.15, -0.1) is 0 Å². The molecule has 3 heterocycles. The summed E-state index contributed by atoms with van der Waals surface area (Å²) >= 11 is 0. The Bertz CT molecular complexity index is 1000. The Labute approximate surface area is 156 Å². The standard InChI is InChI=1S/C19H21N5O3/c1-22-8-10-23(11-9-22)14-6-7-17(20-12-14)21-18(25)13-24-15-4-2-3-5-16(15)27-19(24)26/h2-7,12H,8-11,13H2,1H3,(H,20,21,25). The van der Waals surface area contributed by atoms with Gasteiger partial charge in [0.2, 0.25) is 5.91 Å². The Morgan fingerprint density at radius 3 is 2.67 bits per heavy atom. The van der Waals surface area contributed by atoms with E-state index in [1.165, 1.54) is 4.57 Å². The zero-order chi connectivity index (χ0) is 18.8. The summed E-state index contributed by atoms with van der Waals surface area (Å²) in [5.41, 5.74) is 2.10. The third-order valence-corrected chi connectivity index (χ3v) is 4.76. The minimum atomic E-state index is -0.551. The number of likely N-dealkylation sites (N-methyl/N-ethyl adjacent to an activating group) is 1. The predicted molar refractivity (Wildman–Crippen MR) is 103 cm³/mol. The van der Waals surface area contributed by atoms with E-state index in [0.29, 0.717) is 16.9 Å². The lowest BCUT2D eigenvalue weighted by atomic mass is 10.3. The Hall–Kier alpha value is -3.13. The SMILES string of the molecule is CN1CCN(c2ccc(NC(=O)Cn3c(=O)oc4ccccc43)nc2)CC1. The third kappa shape index (κ3) is 3.70. The minimum Gasteiger partial charge on any atom is -0.408 e. The summed E-state index contributed by atoms with van der Waals surface area (Å²) in [7, 11) is 2.11. The second kappa shape index (κ2) is 7.24. The summed E-state index contributed by atoms with van der Waals surface area (Å²) in [6.07, 6.45) is 1.76. The van der Waals surface area contributed by atoms with Crippen molar-refractivity contribution in [2.24, 2.45) is 0 Å². The van der Waals surface area contributed by atoms with Gasteiger partial charge in [-0.2, -0.15) is 0 Å². The zero-order valence-electron chi connectivity index (χ0n) is 15.1. The topological polar surface area (TPSA) is 83.6 Å². The number of anilines is 2. The highest BCUT2D eigenvalue weighted by atomic mass is 16.4. The fraction of sp³-hybridized carbons (Fsp3) is 0.316. The number of pyridine rings is 1. The number of nitrogens with one attached hydrogen (secondary N) is 1. The molecule has 0 aliphatic carbocycles. The molecule has 1 fully saturated rings. The highest BCUT2D eigenvalue weighted by Crippen LogP contribution is 2.17. The van der Waals surface area contributed by atoms with Crippen LogP contribution in [0.15, 0.2) is 51.8 Å². The van der Waals surface area contributed by atoms with Crippen molar-refractivity contribution in [3.63, 3.8) is 0 Å². The molecule has 4 rings (SSSR count). The number of fused-ring (bicyclic) bond motifs is 1. The number of benzene rings is 1. The summed E-state index contributed by atoms with van der Waals surface area (Å²) in [6.45, 7) is 3.83. The van der Waals surface area contributed by atoms with Crippen LogP contribution in [0.5, 0.6) is 0 Å². The summed E-state index contributed by atoms with van der Waals surface area (Å²) in [5.74, 6) is -0.424. The first-order chi connectivity index (χ1) is 13.1. The van der Waals surface area contributed by atoms with Gasteiger partial charge in [0.05, 0.1) is 17.4 Å². The van der Waals surface area contributed by atoms with Gasteiger partial charge in [-0.25, -0.2) is 9.78 Å². The van der Waals surface area contributed by atoms with Gasteiger partial charge >= 0.3 is 5.76 Å². The van der Waals surface area contributed by atoms with Crippen molar-refractivity contribution < 1.29 is 9.21 Å². The number of amides is 1. The maximum atomic E-state index is 12.3. The van der Waals surface area contributed by atoms with E-state index in [2.05, 4.69) is 27.1 Å². The van der Waals surface area contributed by atoms with Crippen LogP contribution in [0.4, 0.5) is 11.5 Å². The fourth-order valence-electron chi connectivity index (χ4n) is 3.20. The molecule has 8 heteroatoms. The number of piperazine rings is 1. The van der Waals surface area contributed by atoms with Gasteiger partial charge in [0.25, 0.3) is 0 Å². The molecule has 1 amide bonds. The molecule has 0 spiro atoms. The Morgan fingerprint density at radius 1 is 1.15 bits per heavy atom. The zero-order valence-corrected chi connectivity index (χ0v) is 15.1. The van der Waals surface area contributed by atoms with Crippen LogP contribution in [-0.4, -0.2) is 53.6 Å². The largest absolute Gasteiger partial charge is 0.420 e. The van der Waals surface area contributed by atoms with Crippen LogP contribution < -0.4 is 16.0 Å². The summed E-state index contributed by atoms with van der Waals surface area (Å²) in [4.78, 5) is 33.2. The van der Waals surface area contributed by atoms with Gasteiger partial charge in [-0.1, -0.05) is 12.1 Å². The van der Waals surface area contributed by atoms with E-state index in [-0.39, 0.29) is 12.5 Å². The first-order valence-electron chi connectivity index (χ1n) is 8.88. The lowest BCUT2D eigenvalue weighted by Gasteiger charge is -2.33. The van der Waals surface area contributed by atoms with Crippen LogP contribution >= 0.6 is 0 Å². The van der Waals surface area contributed by atoms with Gasteiger partial charge < -0.3 is 19.5 Å². The van der Waals surface area contributed by atoms with E-state index < -0.39 is 5.76 Å². The van der Waals surface area contributed by atoms with E-state index in [1.54, 1.807) is 36.5 Å². The second-order valence-corrected chi connectivity index (χ2v) is 6.66. The minimum absolute atomic E-state index is 0.127. The molecule has 1 aliphatic heterocycles. The maximum absolute atomic E-state index is 12.3. The Balaban J connectivity index is 1.42. The normalized spacial score (nSPS) is 15.2. The molecule has 1 aromatic carbocycles. The summed E-state index contributed by atoms with van der Waals surface area (Å²) < 4.78 is 6.45. The number of rotatable bonds is 4. The number of carbonyl (C=O) groups excluding carboxylic acids is 1. The molecule has 140 valence electrons. The molecule has 8 nitrogen and oxygen atoms in total. The van der Waals surface area contributed by atoms with Gasteiger partial charge in [-0.05, 0) is 31.3 Å². The number of oxazole rings is 1. The number of aromatic nitrogens is 2. The molecular formula is C19H21N5O3. The van der Waals surface area contributed by atoms with Gasteiger partial charge in [0.1, 0.15) is 12.4 Å². The smallest absolute Gasteiger partial charge is 0.408 e. The van der Waals surface area contributed by atoms with Gasteiger partial charge in [0, 0.05) is 26.2 Å². The molecule has 0 unspecified atom stereocenters. The lowest BCUT2D eigenvalue weighted by molar-refractivity contribution is -0.116. The van der Waals surface area contributed by atoms with Crippen molar-refractivity contribution in [3.05, 3.63) is 53.1 Å². The molecule has 2 aromatic heterocycles. The van der Waals surface area contributed by atoms with Crippen molar-refractivity contribution in [3.8, 4) is 0 Å². The number of carbonyl (C=O) groups is 1. The van der Waals surface area contributed by atoms with Crippen LogP contribution in [0, 0.1) is 0 Å². The molecule has 0 bridgehead atoms. The molecule has 0 saturated carbocycles. The van der Waals surface area contributed by atoms with Crippen molar-refractivity contribution in [1.29, 1.82) is 0 Å². The molecule has 0 atom stereocenters. The van der Waals surface area contributed by atoms with Crippen LogP contribution in [0.2, 0.25) is 0 Å². The van der Waals surface area contributed by atoms with Crippen LogP contribution in [0.25, 0.3) is 11.1 Å². The number of hydrogen-bond donors (Lipinski definition) is 1. The van der Waals surface area contributed by atoms with E-state index in [4.69, 9.17) is 4.42 Å². The number of nitrogens with zero attached hydrogens (tertiary/aromatic N) is 4. The molecule has 0 radical (unpaired) electrons. The maximum Gasteiger partial charge on any atom is 0.420 e. The number of hydrogen-bond acceptors (Lipinski definition) is 6. The monoisotopic (exact) mass is 367 g/mol. The lowest BCUT2D eigenvalue weighted by Crippen LogP contribution is -2.44. The average molecular weight is 367 g/mol. The van der Waals surface area contributed by atoms with Crippen LogP contribution in [0.1, 0.15) is 0 Å². The third-order valence-electron chi connectivity index (χ3n) is 4.76. The molecule has 1 N–H and O–H groups in total. The van der Waals surface area contributed by atoms with Crippen LogP contribution in [-0.2, 0) is 11.3 Å². The van der Waals surface area contributed by atoms with Gasteiger partial charge in [-0.3, -0.25) is 9.36 Å².